The zero-order chi connectivity index (χ0) is 51.1. The van der Waals surface area contributed by atoms with Crippen molar-refractivity contribution in [1.82, 2.24) is 9.55 Å². The molecule has 0 saturated carbocycles. The topological polar surface area (TPSA) is 46.7 Å². The lowest BCUT2D eigenvalue weighted by molar-refractivity contribution is 0.483. The predicted octanol–water partition coefficient (Wildman–Crippen LogP) is 18.9. The van der Waals surface area contributed by atoms with Crippen molar-refractivity contribution in [2.75, 3.05) is 16.5 Å². The number of hydrogen-bond acceptors (Lipinski definition) is 5. The van der Waals surface area contributed by atoms with Crippen LogP contribution in [0, 0.1) is 0 Å². The first-order valence-electron chi connectivity index (χ1n) is 25.9. The van der Waals surface area contributed by atoms with Crippen molar-refractivity contribution in [3.8, 4) is 50.7 Å². The van der Waals surface area contributed by atoms with E-state index in [1.807, 2.05) is 30.5 Å². The highest BCUT2D eigenvalue weighted by atomic mass is 16.5. The number of furan rings is 1. The molecule has 0 bridgehead atoms. The molecule has 0 fully saturated rings. The maximum atomic E-state index is 6.89. The normalized spacial score (nSPS) is 13.1. The van der Waals surface area contributed by atoms with E-state index in [1.165, 1.54) is 55.8 Å². The van der Waals surface area contributed by atoms with E-state index in [0.717, 1.165) is 67.4 Å². The summed E-state index contributed by atoms with van der Waals surface area (Å²) in [6.07, 6.45) is 1.91. The van der Waals surface area contributed by atoms with E-state index in [4.69, 9.17) is 14.1 Å². The van der Waals surface area contributed by atoms with Crippen molar-refractivity contribution < 1.29 is 9.15 Å². The van der Waals surface area contributed by atoms with Gasteiger partial charge in [0.05, 0.1) is 22.6 Å². The Hall–Kier alpha value is -8.35. The van der Waals surface area contributed by atoms with Gasteiger partial charge in [0.2, 0.25) is 0 Å². The molecule has 1 aliphatic heterocycles. The third kappa shape index (κ3) is 8.38. The molecule has 0 radical (unpaired) electrons. The van der Waals surface area contributed by atoms with Crippen LogP contribution in [0.1, 0.15) is 79.0 Å². The van der Waals surface area contributed by atoms with Crippen molar-refractivity contribution in [3.63, 3.8) is 0 Å². The number of pyridine rings is 1. The largest absolute Gasteiger partial charge is 0.457 e. The summed E-state index contributed by atoms with van der Waals surface area (Å²) in [5.41, 5.74) is 18.9. The number of anilines is 4. The highest BCUT2D eigenvalue weighted by molar-refractivity contribution is 6.16. The molecule has 4 heterocycles. The number of fused-ring (bicyclic) bond motifs is 6. The van der Waals surface area contributed by atoms with Gasteiger partial charge in [0, 0.05) is 45.9 Å². The molecule has 8 aromatic carbocycles. The second-order valence-electron chi connectivity index (χ2n) is 23.0. The van der Waals surface area contributed by atoms with Gasteiger partial charge in [-0.2, -0.15) is 0 Å². The van der Waals surface area contributed by atoms with E-state index in [9.17, 15) is 0 Å². The fourth-order valence-electron chi connectivity index (χ4n) is 10.7. The molecular formula is C68H62N4O2. The lowest BCUT2D eigenvalue weighted by Gasteiger charge is -2.29. The zero-order valence-electron chi connectivity index (χ0n) is 43.9. The summed E-state index contributed by atoms with van der Waals surface area (Å²) in [6.45, 7) is 21.2. The van der Waals surface area contributed by atoms with Gasteiger partial charge < -0.3 is 19.0 Å². The molecule has 0 spiro atoms. The number of rotatable bonds is 8. The molecule has 366 valence electrons. The fourth-order valence-corrected chi connectivity index (χ4v) is 10.7. The first kappa shape index (κ1) is 46.7. The number of benzene rings is 8. The summed E-state index contributed by atoms with van der Waals surface area (Å²) in [5.74, 6) is 2.30. The Bertz CT molecular complexity index is 3900. The minimum Gasteiger partial charge on any atom is -0.457 e. The highest BCUT2D eigenvalue weighted by Gasteiger charge is 2.33. The van der Waals surface area contributed by atoms with Crippen LogP contribution in [0.5, 0.6) is 11.5 Å². The van der Waals surface area contributed by atoms with Crippen LogP contribution in [-0.2, 0) is 16.2 Å². The molecule has 6 heteroatoms. The smallest absolute Gasteiger partial charge is 0.161 e. The maximum absolute atomic E-state index is 6.89. The van der Waals surface area contributed by atoms with Gasteiger partial charge in [-0.25, -0.2) is 4.98 Å². The van der Waals surface area contributed by atoms with E-state index in [2.05, 4.69) is 247 Å². The molecule has 1 aliphatic rings. The number of nitrogens with zero attached hydrogens (tertiary/aromatic N) is 4. The van der Waals surface area contributed by atoms with Crippen molar-refractivity contribution in [1.29, 1.82) is 0 Å². The summed E-state index contributed by atoms with van der Waals surface area (Å²) >= 11 is 0. The van der Waals surface area contributed by atoms with Crippen LogP contribution in [0.2, 0.25) is 0 Å². The Balaban J connectivity index is 0.965. The minimum atomic E-state index is -0.0568. The summed E-state index contributed by atoms with van der Waals surface area (Å²) in [7, 11) is 0. The maximum Gasteiger partial charge on any atom is 0.161 e. The first-order valence-corrected chi connectivity index (χ1v) is 25.9. The van der Waals surface area contributed by atoms with Gasteiger partial charge in [0.1, 0.15) is 35.1 Å². The number of aromatic nitrogens is 2. The lowest BCUT2D eigenvalue weighted by Crippen LogP contribution is -2.25. The summed E-state index contributed by atoms with van der Waals surface area (Å²) in [5, 5.41) is 2.04. The standard InChI is InChI=1S/C68H62N4O2/c1-66(2,3)48-34-35-69-62(40-48)72-60-42-53(32-33-56(60)65-64(72)57-26-13-16-31-61(57)74-65)73-52-25-18-24-51(41-52)70-43-71(59-30-15-14-29-58(59)70)63-54(46-23-17-22-45(36-46)44-20-11-10-12-21-44)27-19-28-55(63)47-37-49(67(4,5)6)39-50(38-47)68(7,8)9/h10-42H,43H2,1-9H3. The van der Waals surface area contributed by atoms with Crippen molar-refractivity contribution >= 4 is 55.7 Å². The average molecular weight is 967 g/mol. The Morgan fingerprint density at radius 2 is 1.08 bits per heavy atom. The van der Waals surface area contributed by atoms with E-state index in [-0.39, 0.29) is 16.2 Å². The average Bonchev–Trinajstić information content (AvgIpc) is 4.11. The Labute approximate surface area is 435 Å². The van der Waals surface area contributed by atoms with E-state index >= 15 is 0 Å². The van der Waals surface area contributed by atoms with Gasteiger partial charge in [-0.3, -0.25) is 4.57 Å². The van der Waals surface area contributed by atoms with Gasteiger partial charge >= 0.3 is 0 Å². The minimum absolute atomic E-state index is 0.0477. The second kappa shape index (κ2) is 17.7. The van der Waals surface area contributed by atoms with Crippen LogP contribution in [0.25, 0.3) is 72.2 Å². The molecule has 0 saturated heterocycles. The highest BCUT2D eigenvalue weighted by Crippen LogP contribution is 2.51. The monoisotopic (exact) mass is 966 g/mol. The Kier molecular flexibility index (Phi) is 11.2. The van der Waals surface area contributed by atoms with Gasteiger partial charge in [0.15, 0.2) is 5.58 Å². The SMILES string of the molecule is CC(C)(C)c1cc(-c2cccc(-c3cccc(-c4ccccc4)c3)c2N2CN(c3cccc(Oc4ccc5c6oc7ccccc7c6n(-c6cc(C(C)(C)C)ccn6)c5c4)c3)c3ccccc32)cc(C(C)(C)C)c1. The number of ether oxygens (including phenoxy) is 1. The lowest BCUT2D eigenvalue weighted by atomic mass is 9.78. The molecule has 6 nitrogen and oxygen atoms in total. The fraction of sp³-hybridized carbons (Fsp3) is 0.191. The molecule has 0 unspecified atom stereocenters. The predicted molar refractivity (Wildman–Crippen MR) is 309 cm³/mol. The van der Waals surface area contributed by atoms with Crippen LogP contribution >= 0.6 is 0 Å². The summed E-state index contributed by atoms with van der Waals surface area (Å²) in [6, 6.07) is 69.9. The molecule has 11 aromatic rings. The third-order valence-corrected chi connectivity index (χ3v) is 14.8. The number of para-hydroxylation sites is 4. The first-order chi connectivity index (χ1) is 35.6. The van der Waals surface area contributed by atoms with Crippen LogP contribution in [0.3, 0.4) is 0 Å². The van der Waals surface area contributed by atoms with Gasteiger partial charge in [-0.05, 0) is 122 Å². The molecule has 74 heavy (non-hydrogen) atoms. The molecule has 0 amide bonds. The summed E-state index contributed by atoms with van der Waals surface area (Å²) < 4.78 is 15.7. The van der Waals surface area contributed by atoms with Gasteiger partial charge in [-0.15, -0.1) is 0 Å². The second-order valence-corrected chi connectivity index (χ2v) is 23.0. The van der Waals surface area contributed by atoms with Crippen LogP contribution < -0.4 is 14.5 Å². The van der Waals surface area contributed by atoms with E-state index in [1.54, 1.807) is 0 Å². The van der Waals surface area contributed by atoms with Gasteiger partial charge in [-0.1, -0.05) is 178 Å². The third-order valence-electron chi connectivity index (χ3n) is 14.8. The quantitative estimate of drug-likeness (QED) is 0.152. The van der Waals surface area contributed by atoms with E-state index in [0.29, 0.717) is 6.67 Å². The molecule has 0 aliphatic carbocycles. The zero-order valence-corrected chi connectivity index (χ0v) is 43.9. The molecule has 3 aromatic heterocycles. The van der Waals surface area contributed by atoms with Crippen molar-refractivity contribution in [3.05, 3.63) is 217 Å². The Morgan fingerprint density at radius 3 is 1.82 bits per heavy atom. The van der Waals surface area contributed by atoms with Crippen molar-refractivity contribution in [2.45, 2.75) is 78.6 Å². The number of hydrogen-bond donors (Lipinski definition) is 0. The molecular weight excluding hydrogens is 905 g/mol. The Morgan fingerprint density at radius 1 is 0.459 bits per heavy atom. The van der Waals surface area contributed by atoms with Gasteiger partial charge in [0.25, 0.3) is 0 Å². The van der Waals surface area contributed by atoms with E-state index < -0.39 is 0 Å². The van der Waals surface area contributed by atoms with Crippen LogP contribution in [-0.4, -0.2) is 16.2 Å². The van der Waals surface area contributed by atoms with Crippen LogP contribution in [0.15, 0.2) is 205 Å². The van der Waals surface area contributed by atoms with Crippen molar-refractivity contribution in [2.24, 2.45) is 0 Å². The molecule has 0 atom stereocenters. The molecule has 12 rings (SSSR count). The summed E-state index contributed by atoms with van der Waals surface area (Å²) in [4.78, 5) is 9.89. The van der Waals surface area contributed by atoms with Crippen LogP contribution in [0.4, 0.5) is 22.7 Å². The molecule has 0 N–H and O–H groups in total.